The fraction of sp³-hybridized carbons (Fsp3) is 0.591. The Morgan fingerprint density at radius 1 is 1.17 bits per heavy atom. The van der Waals surface area contributed by atoms with Crippen LogP contribution in [0.25, 0.3) is 0 Å². The normalized spacial score (nSPS) is 22.0. The Kier molecular flexibility index (Phi) is 5.85. The molecule has 0 bridgehead atoms. The number of amides is 1. The van der Waals surface area contributed by atoms with E-state index in [1.807, 2.05) is 34.8 Å². The highest BCUT2D eigenvalue weighted by molar-refractivity contribution is 5.94. The van der Waals surface area contributed by atoms with Crippen LogP contribution in [-0.2, 0) is 7.05 Å². The van der Waals surface area contributed by atoms with Crippen LogP contribution < -0.4 is 4.90 Å². The van der Waals surface area contributed by atoms with Gasteiger partial charge in [-0.05, 0) is 43.7 Å². The zero-order chi connectivity index (χ0) is 20.4. The molecule has 7 heteroatoms. The first-order valence-electron chi connectivity index (χ1n) is 10.7. The lowest BCUT2D eigenvalue weighted by molar-refractivity contribution is 0.0697. The maximum absolute atomic E-state index is 12.7. The van der Waals surface area contributed by atoms with Gasteiger partial charge in [0, 0.05) is 57.7 Å². The number of nitrogens with zero attached hydrogens (tertiary/aromatic N) is 5. The lowest BCUT2D eigenvalue weighted by Gasteiger charge is -2.35. The highest BCUT2D eigenvalue weighted by atomic mass is 16.3. The van der Waals surface area contributed by atoms with Crippen molar-refractivity contribution in [3.8, 4) is 0 Å². The maximum atomic E-state index is 12.7. The van der Waals surface area contributed by atoms with E-state index in [1.165, 1.54) is 0 Å². The molecule has 0 spiro atoms. The van der Waals surface area contributed by atoms with Gasteiger partial charge in [-0.3, -0.25) is 4.79 Å². The SMILES string of the molecule is CC1CCN(C(=O)c2ccc(N3CCCC(C(O)c4nccn4C)C3)nc2)CC1. The second-order valence-corrected chi connectivity index (χ2v) is 8.57. The summed E-state index contributed by atoms with van der Waals surface area (Å²) in [6.45, 7) is 5.56. The molecule has 2 aromatic rings. The van der Waals surface area contributed by atoms with E-state index >= 15 is 0 Å². The van der Waals surface area contributed by atoms with Crippen LogP contribution in [0.5, 0.6) is 0 Å². The van der Waals surface area contributed by atoms with Crippen molar-refractivity contribution in [2.45, 2.75) is 38.7 Å². The first kappa shape index (κ1) is 19.9. The Balaban J connectivity index is 1.41. The minimum absolute atomic E-state index is 0.0812. The molecule has 0 aliphatic carbocycles. The molecule has 156 valence electrons. The molecule has 2 unspecified atom stereocenters. The molecule has 0 aromatic carbocycles. The van der Waals surface area contributed by atoms with Gasteiger partial charge < -0.3 is 19.5 Å². The summed E-state index contributed by atoms with van der Waals surface area (Å²) < 4.78 is 1.88. The lowest BCUT2D eigenvalue weighted by Crippen LogP contribution is -2.39. The van der Waals surface area contributed by atoms with E-state index < -0.39 is 6.10 Å². The number of imidazole rings is 1. The van der Waals surface area contributed by atoms with E-state index in [0.29, 0.717) is 17.3 Å². The highest BCUT2D eigenvalue weighted by Crippen LogP contribution is 2.30. The van der Waals surface area contributed by atoms with Crippen molar-refractivity contribution in [2.24, 2.45) is 18.9 Å². The van der Waals surface area contributed by atoms with Gasteiger partial charge in [0.2, 0.25) is 0 Å². The molecule has 2 atom stereocenters. The molecule has 0 saturated carbocycles. The average Bonchev–Trinajstić information content (AvgIpc) is 3.19. The molecule has 2 fully saturated rings. The van der Waals surface area contributed by atoms with E-state index in [-0.39, 0.29) is 11.8 Å². The van der Waals surface area contributed by atoms with Gasteiger partial charge in [0.15, 0.2) is 0 Å². The minimum atomic E-state index is -0.583. The first-order valence-corrected chi connectivity index (χ1v) is 10.7. The number of aliphatic hydroxyl groups excluding tert-OH is 1. The fourth-order valence-electron chi connectivity index (χ4n) is 4.44. The summed E-state index contributed by atoms with van der Waals surface area (Å²) in [5, 5.41) is 10.8. The number of carbonyl (C=O) groups excluding carboxylic acids is 1. The molecule has 4 rings (SSSR count). The monoisotopic (exact) mass is 397 g/mol. The Bertz CT molecular complexity index is 826. The maximum Gasteiger partial charge on any atom is 0.255 e. The minimum Gasteiger partial charge on any atom is -0.385 e. The zero-order valence-electron chi connectivity index (χ0n) is 17.4. The van der Waals surface area contributed by atoms with Gasteiger partial charge in [-0.15, -0.1) is 0 Å². The van der Waals surface area contributed by atoms with Gasteiger partial charge >= 0.3 is 0 Å². The van der Waals surface area contributed by atoms with E-state index in [9.17, 15) is 9.90 Å². The number of aliphatic hydroxyl groups is 1. The van der Waals surface area contributed by atoms with E-state index in [0.717, 1.165) is 57.7 Å². The standard InChI is InChI=1S/C22H31N5O2/c1-16-7-11-26(12-8-16)22(29)17-5-6-19(24-14-17)27-10-3-4-18(15-27)20(28)21-23-9-13-25(21)2/h5-6,9,13-14,16,18,20,28H,3-4,7-8,10-12,15H2,1-2H3. The summed E-state index contributed by atoms with van der Waals surface area (Å²) in [6.07, 6.45) is 8.82. The molecular weight excluding hydrogens is 366 g/mol. The largest absolute Gasteiger partial charge is 0.385 e. The molecule has 2 aromatic heterocycles. The molecule has 1 amide bonds. The Labute approximate surface area is 172 Å². The summed E-state index contributed by atoms with van der Waals surface area (Å²) >= 11 is 0. The number of aryl methyl sites for hydroxylation is 1. The first-order chi connectivity index (χ1) is 14.0. The van der Waals surface area contributed by atoms with Gasteiger partial charge in [-0.2, -0.15) is 0 Å². The molecular formula is C22H31N5O2. The number of anilines is 1. The number of likely N-dealkylation sites (tertiary alicyclic amines) is 1. The van der Waals surface area contributed by atoms with Crippen molar-refractivity contribution < 1.29 is 9.90 Å². The number of piperidine rings is 2. The molecule has 7 nitrogen and oxygen atoms in total. The summed E-state index contributed by atoms with van der Waals surface area (Å²) in [4.78, 5) is 25.8. The van der Waals surface area contributed by atoms with Crippen LogP contribution in [0.4, 0.5) is 5.82 Å². The summed E-state index contributed by atoms with van der Waals surface area (Å²) in [5.74, 6) is 2.47. The van der Waals surface area contributed by atoms with Gasteiger partial charge in [0.1, 0.15) is 17.7 Å². The third-order valence-electron chi connectivity index (χ3n) is 6.42. The van der Waals surface area contributed by atoms with Crippen LogP contribution in [0.3, 0.4) is 0 Å². The lowest BCUT2D eigenvalue weighted by atomic mass is 9.92. The molecule has 2 aliphatic heterocycles. The molecule has 2 saturated heterocycles. The van der Waals surface area contributed by atoms with Crippen molar-refractivity contribution in [3.63, 3.8) is 0 Å². The number of aromatic nitrogens is 3. The number of carbonyl (C=O) groups is 1. The van der Waals surface area contributed by atoms with Crippen LogP contribution in [0.15, 0.2) is 30.7 Å². The molecule has 4 heterocycles. The van der Waals surface area contributed by atoms with Gasteiger partial charge in [0.05, 0.1) is 5.56 Å². The van der Waals surface area contributed by atoms with Crippen LogP contribution in [0.1, 0.15) is 54.9 Å². The van der Waals surface area contributed by atoms with E-state index in [4.69, 9.17) is 0 Å². The molecule has 0 radical (unpaired) electrons. The Morgan fingerprint density at radius 3 is 2.62 bits per heavy atom. The quantitative estimate of drug-likeness (QED) is 0.858. The second-order valence-electron chi connectivity index (χ2n) is 8.57. The van der Waals surface area contributed by atoms with Crippen LogP contribution in [0, 0.1) is 11.8 Å². The summed E-state index contributed by atoms with van der Waals surface area (Å²) in [5.41, 5.74) is 0.657. The molecule has 1 N–H and O–H groups in total. The van der Waals surface area contributed by atoms with Gasteiger partial charge in [-0.25, -0.2) is 9.97 Å². The van der Waals surface area contributed by atoms with Crippen LogP contribution in [0.2, 0.25) is 0 Å². The van der Waals surface area contributed by atoms with Crippen LogP contribution >= 0.6 is 0 Å². The van der Waals surface area contributed by atoms with E-state index in [2.05, 4.69) is 21.8 Å². The smallest absolute Gasteiger partial charge is 0.255 e. The second kappa shape index (κ2) is 8.53. The van der Waals surface area contributed by atoms with Gasteiger partial charge in [-0.1, -0.05) is 6.92 Å². The fourth-order valence-corrected chi connectivity index (χ4v) is 4.44. The third-order valence-corrected chi connectivity index (χ3v) is 6.42. The topological polar surface area (TPSA) is 74.5 Å². The average molecular weight is 398 g/mol. The Morgan fingerprint density at radius 2 is 1.97 bits per heavy atom. The summed E-state index contributed by atoms with van der Waals surface area (Å²) in [6, 6.07) is 3.83. The number of hydrogen-bond donors (Lipinski definition) is 1. The van der Waals surface area contributed by atoms with Gasteiger partial charge in [0.25, 0.3) is 5.91 Å². The highest BCUT2D eigenvalue weighted by Gasteiger charge is 2.30. The number of rotatable bonds is 4. The number of pyridine rings is 1. The van der Waals surface area contributed by atoms with Crippen molar-refractivity contribution >= 4 is 11.7 Å². The van der Waals surface area contributed by atoms with Crippen molar-refractivity contribution in [2.75, 3.05) is 31.1 Å². The van der Waals surface area contributed by atoms with Crippen molar-refractivity contribution in [3.05, 3.63) is 42.1 Å². The summed E-state index contributed by atoms with van der Waals surface area (Å²) in [7, 11) is 1.91. The molecule has 29 heavy (non-hydrogen) atoms. The zero-order valence-corrected chi connectivity index (χ0v) is 17.4. The Hall–Kier alpha value is -2.41. The van der Waals surface area contributed by atoms with E-state index in [1.54, 1.807) is 12.4 Å². The van der Waals surface area contributed by atoms with Crippen LogP contribution in [-0.4, -0.2) is 56.6 Å². The third kappa shape index (κ3) is 4.29. The van der Waals surface area contributed by atoms with Crippen molar-refractivity contribution in [1.82, 2.24) is 19.4 Å². The number of hydrogen-bond acceptors (Lipinski definition) is 5. The molecule has 2 aliphatic rings. The van der Waals surface area contributed by atoms with Crippen molar-refractivity contribution in [1.29, 1.82) is 0 Å². The predicted molar refractivity (Wildman–Crippen MR) is 112 cm³/mol. The predicted octanol–water partition coefficient (Wildman–Crippen LogP) is 2.64.